The van der Waals surface area contributed by atoms with Crippen molar-refractivity contribution >= 4 is 23.4 Å². The van der Waals surface area contributed by atoms with Gasteiger partial charge in [0.1, 0.15) is 6.04 Å². The molecule has 0 unspecified atom stereocenters. The van der Waals surface area contributed by atoms with Gasteiger partial charge in [0.2, 0.25) is 23.7 Å². The largest absolute Gasteiger partial charge is 0.367 e. The first-order chi connectivity index (χ1) is 17.0. The average molecular weight is 482 g/mol. The van der Waals surface area contributed by atoms with Crippen LogP contribution in [0.3, 0.4) is 0 Å². The van der Waals surface area contributed by atoms with Crippen LogP contribution in [0.2, 0.25) is 0 Å². The number of nitrogens with zero attached hydrogens (tertiary/aromatic N) is 3. The Bertz CT molecular complexity index is 992. The summed E-state index contributed by atoms with van der Waals surface area (Å²) in [5, 5.41) is 5.65. The summed E-state index contributed by atoms with van der Waals surface area (Å²) < 4.78 is 13.1. The molecular weight excluding hydrogens is 449 g/mol. The lowest BCUT2D eigenvalue weighted by molar-refractivity contribution is -0.136. The molecule has 1 fully saturated rings. The highest BCUT2D eigenvalue weighted by Gasteiger charge is 2.28. The molecule has 1 aromatic carbocycles. The minimum absolute atomic E-state index is 0.113. The van der Waals surface area contributed by atoms with E-state index < -0.39 is 12.0 Å². The van der Waals surface area contributed by atoms with Crippen molar-refractivity contribution in [2.45, 2.75) is 31.7 Å². The minimum Gasteiger partial charge on any atom is -0.367 e. The van der Waals surface area contributed by atoms with Crippen LogP contribution in [0, 0.1) is 5.95 Å². The van der Waals surface area contributed by atoms with Gasteiger partial charge in [0, 0.05) is 32.7 Å². The Labute approximate surface area is 205 Å². The molecule has 0 spiro atoms. The lowest BCUT2D eigenvalue weighted by Crippen LogP contribution is -2.55. The Morgan fingerprint density at radius 1 is 1.06 bits per heavy atom. The maximum atomic E-state index is 13.3. The van der Waals surface area contributed by atoms with Gasteiger partial charge in [0.25, 0.3) is 0 Å². The van der Waals surface area contributed by atoms with E-state index in [1.54, 1.807) is 11.0 Å². The summed E-state index contributed by atoms with van der Waals surface area (Å²) in [6.45, 7) is 6.09. The molecule has 1 aliphatic heterocycles. The lowest BCUT2D eigenvalue weighted by Gasteiger charge is -2.37. The van der Waals surface area contributed by atoms with E-state index in [0.29, 0.717) is 52.0 Å². The van der Waals surface area contributed by atoms with Gasteiger partial charge in [0.05, 0.1) is 18.3 Å². The molecule has 3 rings (SSSR count). The van der Waals surface area contributed by atoms with Crippen LogP contribution in [0.4, 0.5) is 10.1 Å². The molecule has 9 heteroatoms. The number of benzene rings is 1. The fraction of sp³-hybridized carbons (Fsp3) is 0.385. The maximum absolute atomic E-state index is 13.3. The van der Waals surface area contributed by atoms with E-state index >= 15 is 0 Å². The molecule has 1 saturated heterocycles. The van der Waals surface area contributed by atoms with Crippen LogP contribution in [0.1, 0.15) is 24.8 Å². The third-order valence-corrected chi connectivity index (χ3v) is 5.91. The Morgan fingerprint density at radius 3 is 2.46 bits per heavy atom. The van der Waals surface area contributed by atoms with Crippen LogP contribution in [-0.4, -0.2) is 66.4 Å². The number of unbranched alkanes of at least 4 members (excludes halogenated alkanes) is 1. The van der Waals surface area contributed by atoms with Gasteiger partial charge in [-0.05, 0) is 43.0 Å². The molecule has 186 valence electrons. The molecular formula is C26H32FN5O3. The van der Waals surface area contributed by atoms with Crippen LogP contribution in [-0.2, 0) is 20.8 Å². The smallest absolute Gasteiger partial charge is 0.245 e. The van der Waals surface area contributed by atoms with Crippen molar-refractivity contribution in [3.63, 3.8) is 0 Å². The zero-order valence-electron chi connectivity index (χ0n) is 19.8. The predicted molar refractivity (Wildman–Crippen MR) is 132 cm³/mol. The van der Waals surface area contributed by atoms with E-state index in [0.717, 1.165) is 11.3 Å². The molecule has 35 heavy (non-hydrogen) atoms. The van der Waals surface area contributed by atoms with Crippen molar-refractivity contribution in [1.29, 1.82) is 0 Å². The molecule has 3 amide bonds. The summed E-state index contributed by atoms with van der Waals surface area (Å²) in [6, 6.07) is 11.8. The number of hydrogen-bond acceptors (Lipinski definition) is 5. The molecule has 0 saturated carbocycles. The fourth-order valence-corrected chi connectivity index (χ4v) is 4.00. The SMILES string of the molecule is C=CC(=O)NCCCC[C@H](NC(=O)Cc1ccccc1)C(=O)N1CCN(c2ccc(F)nc2)CC1. The van der Waals surface area contributed by atoms with Crippen LogP contribution in [0.5, 0.6) is 0 Å². The van der Waals surface area contributed by atoms with Gasteiger partial charge in [-0.2, -0.15) is 4.39 Å². The second-order valence-electron chi connectivity index (χ2n) is 8.42. The molecule has 2 aromatic rings. The zero-order chi connectivity index (χ0) is 25.0. The summed E-state index contributed by atoms with van der Waals surface area (Å²) in [6.07, 6.45) is 4.74. The number of anilines is 1. The number of pyridine rings is 1. The first-order valence-corrected chi connectivity index (χ1v) is 11.8. The number of carbonyl (C=O) groups is 3. The molecule has 0 radical (unpaired) electrons. The van der Waals surface area contributed by atoms with Gasteiger partial charge < -0.3 is 20.4 Å². The fourth-order valence-electron chi connectivity index (χ4n) is 4.00. The number of halogens is 1. The molecule has 2 heterocycles. The van der Waals surface area contributed by atoms with Gasteiger partial charge in [0.15, 0.2) is 0 Å². The quantitative estimate of drug-likeness (QED) is 0.291. The highest BCUT2D eigenvalue weighted by Crippen LogP contribution is 2.16. The molecule has 0 aliphatic carbocycles. The van der Waals surface area contributed by atoms with E-state index in [-0.39, 0.29) is 24.1 Å². The number of amides is 3. The average Bonchev–Trinajstić information content (AvgIpc) is 2.88. The van der Waals surface area contributed by atoms with Crippen molar-refractivity contribution in [3.8, 4) is 0 Å². The van der Waals surface area contributed by atoms with E-state index in [4.69, 9.17) is 0 Å². The maximum Gasteiger partial charge on any atom is 0.245 e. The van der Waals surface area contributed by atoms with Gasteiger partial charge in [-0.3, -0.25) is 14.4 Å². The van der Waals surface area contributed by atoms with Crippen molar-refractivity contribution in [2.24, 2.45) is 0 Å². The highest BCUT2D eigenvalue weighted by molar-refractivity contribution is 5.88. The Morgan fingerprint density at radius 2 is 1.80 bits per heavy atom. The minimum atomic E-state index is -0.639. The van der Waals surface area contributed by atoms with Crippen LogP contribution in [0.25, 0.3) is 0 Å². The van der Waals surface area contributed by atoms with Gasteiger partial charge in [-0.1, -0.05) is 36.9 Å². The Balaban J connectivity index is 1.56. The third-order valence-electron chi connectivity index (χ3n) is 5.91. The van der Waals surface area contributed by atoms with E-state index in [9.17, 15) is 18.8 Å². The summed E-state index contributed by atoms with van der Waals surface area (Å²) in [7, 11) is 0. The second-order valence-corrected chi connectivity index (χ2v) is 8.42. The molecule has 1 aliphatic rings. The number of nitrogens with one attached hydrogen (secondary N) is 2. The number of hydrogen-bond donors (Lipinski definition) is 2. The summed E-state index contributed by atoms with van der Waals surface area (Å²) in [4.78, 5) is 44.9. The number of carbonyl (C=O) groups excluding carboxylic acids is 3. The number of rotatable bonds is 11. The van der Waals surface area contributed by atoms with Crippen molar-refractivity contribution in [2.75, 3.05) is 37.6 Å². The van der Waals surface area contributed by atoms with E-state index in [2.05, 4.69) is 27.1 Å². The van der Waals surface area contributed by atoms with Gasteiger partial charge >= 0.3 is 0 Å². The zero-order valence-corrected chi connectivity index (χ0v) is 19.8. The van der Waals surface area contributed by atoms with Crippen LogP contribution in [0.15, 0.2) is 61.3 Å². The molecule has 1 aromatic heterocycles. The first kappa shape index (κ1) is 25.9. The van der Waals surface area contributed by atoms with Gasteiger partial charge in [-0.15, -0.1) is 0 Å². The van der Waals surface area contributed by atoms with E-state index in [1.165, 1.54) is 18.3 Å². The summed E-state index contributed by atoms with van der Waals surface area (Å²) >= 11 is 0. The van der Waals surface area contributed by atoms with Crippen LogP contribution >= 0.6 is 0 Å². The normalized spacial score (nSPS) is 14.2. The molecule has 1 atom stereocenters. The van der Waals surface area contributed by atoms with Crippen molar-refractivity contribution < 1.29 is 18.8 Å². The topological polar surface area (TPSA) is 94.6 Å². The molecule has 2 N–H and O–H groups in total. The summed E-state index contributed by atoms with van der Waals surface area (Å²) in [5.41, 5.74) is 1.69. The van der Waals surface area contributed by atoms with Crippen molar-refractivity contribution in [3.05, 3.63) is 72.8 Å². The summed E-state index contributed by atoms with van der Waals surface area (Å²) in [5.74, 6) is -1.08. The Kier molecular flexibility index (Phi) is 9.77. The highest BCUT2D eigenvalue weighted by atomic mass is 19.1. The van der Waals surface area contributed by atoms with E-state index in [1.807, 2.05) is 30.3 Å². The Hall–Kier alpha value is -3.75. The monoisotopic (exact) mass is 481 g/mol. The van der Waals surface area contributed by atoms with Crippen molar-refractivity contribution in [1.82, 2.24) is 20.5 Å². The van der Waals surface area contributed by atoms with Crippen LogP contribution < -0.4 is 15.5 Å². The van der Waals surface area contributed by atoms with Gasteiger partial charge in [-0.25, -0.2) is 4.98 Å². The predicted octanol–water partition coefficient (Wildman–Crippen LogP) is 2.07. The molecule has 0 bridgehead atoms. The first-order valence-electron chi connectivity index (χ1n) is 11.8. The third kappa shape index (κ3) is 8.20. The lowest BCUT2D eigenvalue weighted by atomic mass is 10.1. The number of aromatic nitrogens is 1. The standard InChI is InChI=1S/C26H32FN5O3/c1-2-24(33)28-13-7-6-10-22(30-25(34)18-20-8-4-3-5-9-20)26(35)32-16-14-31(15-17-32)21-11-12-23(27)29-19-21/h2-5,8-9,11-12,19,22H,1,6-7,10,13-18H2,(H,28,33)(H,30,34)/t22-/m0/s1. The second kappa shape index (κ2) is 13.2. The molecule has 8 nitrogen and oxygen atoms in total. The number of piperazine rings is 1.